The van der Waals surface area contributed by atoms with Crippen LogP contribution in [0.5, 0.6) is 0 Å². The lowest BCUT2D eigenvalue weighted by Gasteiger charge is -2.20. The summed E-state index contributed by atoms with van der Waals surface area (Å²) in [6, 6.07) is 13.1. The lowest BCUT2D eigenvalue weighted by atomic mass is 9.94. The van der Waals surface area contributed by atoms with Crippen LogP contribution in [0.25, 0.3) is 5.76 Å². The van der Waals surface area contributed by atoms with Crippen LogP contribution in [0.2, 0.25) is 0 Å². The zero-order chi connectivity index (χ0) is 18.1. The van der Waals surface area contributed by atoms with Crippen LogP contribution in [0, 0.1) is 10.1 Å². The van der Waals surface area contributed by atoms with Crippen LogP contribution < -0.4 is 0 Å². The maximum atomic E-state index is 12.4. The van der Waals surface area contributed by atoms with Gasteiger partial charge in [0, 0.05) is 18.7 Å². The first-order chi connectivity index (χ1) is 11.9. The third-order valence-electron chi connectivity index (χ3n) is 4.15. The van der Waals surface area contributed by atoms with E-state index >= 15 is 0 Å². The van der Waals surface area contributed by atoms with Gasteiger partial charge in [0.2, 0.25) is 0 Å². The summed E-state index contributed by atoms with van der Waals surface area (Å²) in [5, 5.41) is 21.9. The predicted octanol–water partition coefficient (Wildman–Crippen LogP) is 2.65. The number of ketones is 1. The molecule has 2 aromatic rings. The van der Waals surface area contributed by atoms with Crippen molar-refractivity contribution in [2.24, 2.45) is 0 Å². The number of hydrogen-bond acceptors (Lipinski definition) is 5. The van der Waals surface area contributed by atoms with Crippen molar-refractivity contribution in [2.45, 2.75) is 6.04 Å². The quantitative estimate of drug-likeness (QED) is 0.305. The van der Waals surface area contributed by atoms with Crippen molar-refractivity contribution in [3.63, 3.8) is 0 Å². The van der Waals surface area contributed by atoms with Crippen LogP contribution in [0.1, 0.15) is 17.2 Å². The van der Waals surface area contributed by atoms with E-state index in [1.165, 1.54) is 25.2 Å². The number of nitro benzene ring substituents is 1. The smallest absolute Gasteiger partial charge is 0.295 e. The number of amides is 1. The standard InChI is InChI=1S/C18H14N2O5/c1-19-15(12-9-5-6-10-13(12)20(24)25)14(17(22)18(19)23)16(21)11-7-3-2-4-8-11/h2-10,15,21H,1H3/b16-14+/t15-/m0/s1. The highest BCUT2D eigenvalue weighted by molar-refractivity contribution is 6.46. The molecule has 1 heterocycles. The molecule has 1 amide bonds. The van der Waals surface area contributed by atoms with E-state index < -0.39 is 22.7 Å². The van der Waals surface area contributed by atoms with E-state index in [-0.39, 0.29) is 22.6 Å². The molecule has 126 valence electrons. The van der Waals surface area contributed by atoms with Gasteiger partial charge in [-0.05, 0) is 6.07 Å². The van der Waals surface area contributed by atoms with Crippen LogP contribution in [-0.4, -0.2) is 33.7 Å². The Hall–Kier alpha value is -3.48. The van der Waals surface area contributed by atoms with Crippen LogP contribution in [0.4, 0.5) is 5.69 Å². The Labute approximate surface area is 143 Å². The Kier molecular flexibility index (Phi) is 4.06. The molecule has 1 fully saturated rings. The number of benzene rings is 2. The molecule has 25 heavy (non-hydrogen) atoms. The molecule has 1 atom stereocenters. The molecule has 0 spiro atoms. The average Bonchev–Trinajstić information content (AvgIpc) is 2.85. The number of rotatable bonds is 3. The number of carbonyl (C=O) groups is 2. The fourth-order valence-electron chi connectivity index (χ4n) is 2.95. The van der Waals surface area contributed by atoms with Gasteiger partial charge in [-0.3, -0.25) is 19.7 Å². The summed E-state index contributed by atoms with van der Waals surface area (Å²) in [6.07, 6.45) is 0. The first-order valence-corrected chi connectivity index (χ1v) is 7.47. The number of aliphatic hydroxyl groups excluding tert-OH is 1. The molecule has 7 nitrogen and oxygen atoms in total. The van der Waals surface area contributed by atoms with Crippen molar-refractivity contribution in [1.82, 2.24) is 4.90 Å². The molecule has 0 saturated carbocycles. The molecule has 0 aliphatic carbocycles. The van der Waals surface area contributed by atoms with E-state index in [1.54, 1.807) is 36.4 Å². The second-order valence-corrected chi connectivity index (χ2v) is 5.59. The van der Waals surface area contributed by atoms with Crippen molar-refractivity contribution < 1.29 is 19.6 Å². The average molecular weight is 338 g/mol. The minimum absolute atomic E-state index is 0.159. The molecular formula is C18H14N2O5. The lowest BCUT2D eigenvalue weighted by molar-refractivity contribution is -0.385. The Morgan fingerprint density at radius 3 is 2.32 bits per heavy atom. The second-order valence-electron chi connectivity index (χ2n) is 5.59. The molecule has 1 N–H and O–H groups in total. The highest BCUT2D eigenvalue weighted by atomic mass is 16.6. The Balaban J connectivity index is 2.25. The lowest BCUT2D eigenvalue weighted by Crippen LogP contribution is -2.25. The highest BCUT2D eigenvalue weighted by Gasteiger charge is 2.46. The molecular weight excluding hydrogens is 324 g/mol. The topological polar surface area (TPSA) is 101 Å². The first kappa shape index (κ1) is 16.4. The van der Waals surface area contributed by atoms with E-state index in [9.17, 15) is 24.8 Å². The number of carbonyl (C=O) groups excluding carboxylic acids is 2. The zero-order valence-corrected chi connectivity index (χ0v) is 13.2. The SMILES string of the molecule is CN1C(=O)C(=O)/C(=C(/O)c2ccccc2)[C@@H]1c1ccccc1[N+](=O)[O-]. The van der Waals surface area contributed by atoms with Gasteiger partial charge in [0.15, 0.2) is 0 Å². The van der Waals surface area contributed by atoms with Gasteiger partial charge < -0.3 is 10.0 Å². The summed E-state index contributed by atoms with van der Waals surface area (Å²) < 4.78 is 0. The van der Waals surface area contributed by atoms with Gasteiger partial charge in [0.1, 0.15) is 5.76 Å². The monoisotopic (exact) mass is 338 g/mol. The molecule has 0 bridgehead atoms. The van der Waals surface area contributed by atoms with E-state index in [0.717, 1.165) is 4.90 Å². The summed E-state index contributed by atoms with van der Waals surface area (Å²) in [7, 11) is 1.38. The number of aliphatic hydroxyl groups is 1. The van der Waals surface area contributed by atoms with Crippen molar-refractivity contribution >= 4 is 23.1 Å². The fourth-order valence-corrected chi connectivity index (χ4v) is 2.95. The summed E-state index contributed by atoms with van der Waals surface area (Å²) in [4.78, 5) is 36.5. The third-order valence-corrected chi connectivity index (χ3v) is 4.15. The maximum absolute atomic E-state index is 12.4. The molecule has 0 radical (unpaired) electrons. The largest absolute Gasteiger partial charge is 0.507 e. The van der Waals surface area contributed by atoms with Gasteiger partial charge >= 0.3 is 0 Å². The fraction of sp³-hybridized carbons (Fsp3) is 0.111. The minimum atomic E-state index is -1.03. The van der Waals surface area contributed by atoms with E-state index in [0.29, 0.717) is 5.56 Å². The molecule has 7 heteroatoms. The van der Waals surface area contributed by atoms with Crippen molar-refractivity contribution in [1.29, 1.82) is 0 Å². The number of likely N-dealkylation sites (tertiary alicyclic amines) is 1. The van der Waals surface area contributed by atoms with Crippen molar-refractivity contribution in [3.05, 3.63) is 81.4 Å². The number of nitro groups is 1. The first-order valence-electron chi connectivity index (χ1n) is 7.47. The van der Waals surface area contributed by atoms with Crippen LogP contribution in [0.15, 0.2) is 60.2 Å². The normalized spacial score (nSPS) is 19.2. The highest BCUT2D eigenvalue weighted by Crippen LogP contribution is 2.41. The zero-order valence-electron chi connectivity index (χ0n) is 13.2. The second kappa shape index (κ2) is 6.20. The van der Waals surface area contributed by atoms with E-state index in [4.69, 9.17) is 0 Å². The molecule has 0 aromatic heterocycles. The third kappa shape index (κ3) is 2.65. The van der Waals surface area contributed by atoms with Gasteiger partial charge in [-0.15, -0.1) is 0 Å². The van der Waals surface area contributed by atoms with Gasteiger partial charge in [0.05, 0.1) is 22.1 Å². The summed E-state index contributed by atoms with van der Waals surface area (Å²) >= 11 is 0. The van der Waals surface area contributed by atoms with Crippen LogP contribution in [0.3, 0.4) is 0 Å². The van der Waals surface area contributed by atoms with Crippen LogP contribution in [-0.2, 0) is 9.59 Å². The number of para-hydroxylation sites is 1. The summed E-state index contributed by atoms with van der Waals surface area (Å²) in [5.74, 6) is -2.04. The Morgan fingerprint density at radius 2 is 1.68 bits per heavy atom. The van der Waals surface area contributed by atoms with Gasteiger partial charge in [-0.1, -0.05) is 42.5 Å². The molecule has 1 saturated heterocycles. The van der Waals surface area contributed by atoms with Gasteiger partial charge in [-0.2, -0.15) is 0 Å². The molecule has 3 rings (SSSR count). The van der Waals surface area contributed by atoms with E-state index in [2.05, 4.69) is 0 Å². The number of hydrogen-bond donors (Lipinski definition) is 1. The van der Waals surface area contributed by atoms with Crippen molar-refractivity contribution in [3.8, 4) is 0 Å². The molecule has 2 aromatic carbocycles. The summed E-state index contributed by atoms with van der Waals surface area (Å²) in [5.41, 5.74) is 0.150. The number of likely N-dealkylation sites (N-methyl/N-ethyl adjacent to an activating group) is 1. The molecule has 1 aliphatic rings. The Morgan fingerprint density at radius 1 is 1.08 bits per heavy atom. The molecule has 0 unspecified atom stereocenters. The summed E-state index contributed by atoms with van der Waals surface area (Å²) in [6.45, 7) is 0. The molecule has 1 aliphatic heterocycles. The van der Waals surface area contributed by atoms with Crippen LogP contribution >= 0.6 is 0 Å². The van der Waals surface area contributed by atoms with E-state index in [1.807, 2.05) is 0 Å². The van der Waals surface area contributed by atoms with Gasteiger partial charge in [0.25, 0.3) is 17.4 Å². The maximum Gasteiger partial charge on any atom is 0.295 e. The van der Waals surface area contributed by atoms with Gasteiger partial charge in [-0.25, -0.2) is 0 Å². The predicted molar refractivity (Wildman–Crippen MR) is 89.6 cm³/mol. The number of nitrogens with zero attached hydrogens (tertiary/aromatic N) is 2. The van der Waals surface area contributed by atoms with Crippen molar-refractivity contribution in [2.75, 3.05) is 7.05 Å². The number of Topliss-reactive ketones (excluding diaryl/α,β-unsaturated/α-hetero) is 1. The minimum Gasteiger partial charge on any atom is -0.507 e. The Bertz CT molecular complexity index is 905.